The highest BCUT2D eigenvalue weighted by molar-refractivity contribution is 7.11. The number of hydrogen-bond acceptors (Lipinski definition) is 4. The van der Waals surface area contributed by atoms with Crippen molar-refractivity contribution in [3.8, 4) is 0 Å². The van der Waals surface area contributed by atoms with Crippen molar-refractivity contribution in [2.24, 2.45) is 0 Å². The van der Waals surface area contributed by atoms with E-state index in [0.717, 1.165) is 28.2 Å². The van der Waals surface area contributed by atoms with Gasteiger partial charge in [-0.15, -0.1) is 0 Å². The van der Waals surface area contributed by atoms with Gasteiger partial charge in [-0.2, -0.15) is 0 Å². The van der Waals surface area contributed by atoms with Gasteiger partial charge in [0.15, 0.2) is 0 Å². The summed E-state index contributed by atoms with van der Waals surface area (Å²) in [6.45, 7) is 6.29. The summed E-state index contributed by atoms with van der Waals surface area (Å²) in [4.78, 5) is 29.3. The van der Waals surface area contributed by atoms with E-state index < -0.39 is 0 Å². The van der Waals surface area contributed by atoms with Crippen molar-refractivity contribution in [3.63, 3.8) is 0 Å². The van der Waals surface area contributed by atoms with Crippen molar-refractivity contribution in [3.05, 3.63) is 92.3 Å². The Morgan fingerprint density at radius 1 is 1.27 bits per heavy atom. The molecule has 0 fully saturated rings. The average Bonchev–Trinajstić information content (AvgIpc) is 2.96. The molecule has 1 N–H and O–H groups in total. The number of benzene rings is 1. The fraction of sp³-hybridized carbons (Fsp3) is 0.150. The minimum Gasteiger partial charge on any atom is -0.346 e. The van der Waals surface area contributed by atoms with Crippen LogP contribution in [0.15, 0.2) is 60.0 Å². The van der Waals surface area contributed by atoms with Crippen LogP contribution in [-0.2, 0) is 13.1 Å². The molecule has 0 aliphatic carbocycles. The van der Waals surface area contributed by atoms with Crippen LogP contribution in [0.2, 0.25) is 0 Å². The molecule has 5 nitrogen and oxygen atoms in total. The Hall–Kier alpha value is -2.99. The van der Waals surface area contributed by atoms with Gasteiger partial charge in [0.05, 0.1) is 18.8 Å². The second kappa shape index (κ2) is 7.93. The van der Waals surface area contributed by atoms with Gasteiger partial charge in [-0.1, -0.05) is 54.3 Å². The Labute approximate surface area is 155 Å². The largest absolute Gasteiger partial charge is 0.346 e. The molecule has 3 rings (SSSR count). The van der Waals surface area contributed by atoms with Crippen LogP contribution in [0.3, 0.4) is 0 Å². The Kier molecular flexibility index (Phi) is 5.43. The van der Waals surface area contributed by atoms with E-state index in [4.69, 9.17) is 0 Å². The predicted molar refractivity (Wildman–Crippen MR) is 104 cm³/mol. The summed E-state index contributed by atoms with van der Waals surface area (Å²) < 4.78 is 1.63. The average molecular weight is 365 g/mol. The summed E-state index contributed by atoms with van der Waals surface area (Å²) in [7, 11) is 0. The van der Waals surface area contributed by atoms with Gasteiger partial charge < -0.3 is 5.32 Å². The van der Waals surface area contributed by atoms with E-state index in [1.807, 2.05) is 42.5 Å². The molecule has 0 aliphatic heterocycles. The number of pyridine rings is 1. The minimum atomic E-state index is -0.254. The fourth-order valence-corrected chi connectivity index (χ4v) is 3.47. The second-order valence-electron chi connectivity index (χ2n) is 5.82. The van der Waals surface area contributed by atoms with Crippen LogP contribution in [0, 0.1) is 6.92 Å². The maximum atomic E-state index is 12.4. The summed E-state index contributed by atoms with van der Waals surface area (Å²) >= 11 is 0.970. The molecule has 0 saturated carbocycles. The smallest absolute Gasteiger partial charge is 0.308 e. The highest BCUT2D eigenvalue weighted by atomic mass is 32.1. The summed E-state index contributed by atoms with van der Waals surface area (Å²) in [5, 5.41) is 2.82. The number of carbonyl (C=O) groups is 1. The monoisotopic (exact) mass is 365 g/mol. The molecule has 0 atom stereocenters. The first-order valence-corrected chi connectivity index (χ1v) is 9.00. The number of nitrogens with one attached hydrogen (secondary N) is 1. The zero-order chi connectivity index (χ0) is 18.5. The lowest BCUT2D eigenvalue weighted by molar-refractivity contribution is 0.0953. The zero-order valence-electron chi connectivity index (χ0n) is 14.4. The molecule has 132 valence electrons. The molecule has 0 saturated heterocycles. The van der Waals surface area contributed by atoms with Crippen molar-refractivity contribution in [1.82, 2.24) is 14.9 Å². The predicted octanol–water partition coefficient (Wildman–Crippen LogP) is 3.23. The van der Waals surface area contributed by atoms with Crippen molar-refractivity contribution in [2.45, 2.75) is 20.0 Å². The van der Waals surface area contributed by atoms with Gasteiger partial charge in [-0.3, -0.25) is 19.1 Å². The number of rotatable bonds is 6. The van der Waals surface area contributed by atoms with Gasteiger partial charge in [0.25, 0.3) is 5.91 Å². The van der Waals surface area contributed by atoms with Crippen LogP contribution < -0.4 is 10.2 Å². The van der Waals surface area contributed by atoms with Gasteiger partial charge >= 0.3 is 4.87 Å². The SMILES string of the molecule is C=Cc1ccc(Cn2c(C)c(C(=O)NCc3ccccn3)sc2=O)cc1. The fourth-order valence-electron chi connectivity index (χ4n) is 2.57. The van der Waals surface area contributed by atoms with Gasteiger partial charge in [-0.25, -0.2) is 0 Å². The molecule has 0 aliphatic rings. The first-order valence-electron chi connectivity index (χ1n) is 8.18. The Morgan fingerprint density at radius 2 is 2.04 bits per heavy atom. The number of hydrogen-bond donors (Lipinski definition) is 1. The van der Waals surface area contributed by atoms with Crippen LogP contribution in [0.4, 0.5) is 0 Å². The third-order valence-corrected chi connectivity index (χ3v) is 5.14. The normalized spacial score (nSPS) is 10.5. The van der Waals surface area contributed by atoms with Crippen LogP contribution >= 0.6 is 11.3 Å². The van der Waals surface area contributed by atoms with Gasteiger partial charge in [0.1, 0.15) is 4.88 Å². The first kappa shape index (κ1) is 17.8. The van der Waals surface area contributed by atoms with E-state index in [0.29, 0.717) is 23.7 Å². The molecule has 26 heavy (non-hydrogen) atoms. The van der Waals surface area contributed by atoms with Gasteiger partial charge in [0, 0.05) is 11.9 Å². The van der Waals surface area contributed by atoms with Gasteiger partial charge in [0.2, 0.25) is 0 Å². The van der Waals surface area contributed by atoms with Crippen molar-refractivity contribution >= 4 is 23.3 Å². The molecule has 2 aromatic heterocycles. The molecule has 1 amide bonds. The number of nitrogens with zero attached hydrogens (tertiary/aromatic N) is 2. The number of thiazole rings is 1. The molecular formula is C20H19N3O2S. The second-order valence-corrected chi connectivity index (χ2v) is 6.78. The Bertz CT molecular complexity index is 973. The lowest BCUT2D eigenvalue weighted by Gasteiger charge is -2.07. The molecule has 0 bridgehead atoms. The molecule has 0 spiro atoms. The molecule has 0 unspecified atom stereocenters. The zero-order valence-corrected chi connectivity index (χ0v) is 15.3. The van der Waals surface area contributed by atoms with Crippen molar-refractivity contribution in [2.75, 3.05) is 0 Å². The highest BCUT2D eigenvalue weighted by Gasteiger charge is 2.17. The van der Waals surface area contributed by atoms with E-state index in [1.165, 1.54) is 0 Å². The lowest BCUT2D eigenvalue weighted by Crippen LogP contribution is -2.23. The first-order chi connectivity index (χ1) is 12.6. The van der Waals surface area contributed by atoms with Crippen LogP contribution in [-0.4, -0.2) is 15.5 Å². The summed E-state index contributed by atoms with van der Waals surface area (Å²) in [5.41, 5.74) is 3.47. The van der Waals surface area contributed by atoms with Crippen LogP contribution in [0.25, 0.3) is 6.08 Å². The van der Waals surface area contributed by atoms with Gasteiger partial charge in [-0.05, 0) is 30.2 Å². The summed E-state index contributed by atoms with van der Waals surface area (Å²) in [6.07, 6.45) is 3.45. The maximum Gasteiger partial charge on any atom is 0.308 e. The lowest BCUT2D eigenvalue weighted by atomic mass is 10.1. The van der Waals surface area contributed by atoms with E-state index in [9.17, 15) is 9.59 Å². The minimum absolute atomic E-state index is 0.140. The molecule has 3 aromatic rings. The summed E-state index contributed by atoms with van der Waals surface area (Å²) in [6, 6.07) is 13.4. The highest BCUT2D eigenvalue weighted by Crippen LogP contribution is 2.14. The Morgan fingerprint density at radius 3 is 2.69 bits per heavy atom. The van der Waals surface area contributed by atoms with Crippen molar-refractivity contribution in [1.29, 1.82) is 0 Å². The molecule has 2 heterocycles. The van der Waals surface area contributed by atoms with Crippen molar-refractivity contribution < 1.29 is 4.79 Å². The third kappa shape index (κ3) is 3.97. The van der Waals surface area contributed by atoms with E-state index in [-0.39, 0.29) is 10.8 Å². The third-order valence-electron chi connectivity index (χ3n) is 4.06. The van der Waals surface area contributed by atoms with E-state index >= 15 is 0 Å². The molecule has 0 radical (unpaired) electrons. The summed E-state index contributed by atoms with van der Waals surface area (Å²) in [5.74, 6) is -0.254. The Balaban J connectivity index is 1.75. The van der Waals surface area contributed by atoms with Crippen LogP contribution in [0.5, 0.6) is 0 Å². The topological polar surface area (TPSA) is 64.0 Å². The van der Waals surface area contributed by atoms with Crippen LogP contribution in [0.1, 0.15) is 32.2 Å². The number of carbonyl (C=O) groups excluding carboxylic acids is 1. The number of aromatic nitrogens is 2. The maximum absolute atomic E-state index is 12.4. The number of amides is 1. The van der Waals surface area contributed by atoms with E-state index in [1.54, 1.807) is 23.8 Å². The van der Waals surface area contributed by atoms with E-state index in [2.05, 4.69) is 16.9 Å². The quantitative estimate of drug-likeness (QED) is 0.729. The standard InChI is InChI=1S/C20H19N3O2S/c1-3-15-7-9-16(10-8-15)13-23-14(2)18(26-20(23)25)19(24)22-12-17-6-4-5-11-21-17/h3-11H,1,12-13H2,2H3,(H,22,24). The molecular weight excluding hydrogens is 346 g/mol. The molecule has 1 aromatic carbocycles. The molecule has 6 heteroatoms.